The van der Waals surface area contributed by atoms with Gasteiger partial charge in [-0.05, 0) is 55.4 Å². The van der Waals surface area contributed by atoms with Gasteiger partial charge in [-0.1, -0.05) is 6.07 Å². The van der Waals surface area contributed by atoms with Crippen molar-refractivity contribution in [2.45, 2.75) is 12.8 Å². The Balaban J connectivity index is 1.78. The van der Waals surface area contributed by atoms with Crippen LogP contribution in [0.2, 0.25) is 0 Å². The zero-order chi connectivity index (χ0) is 13.1. The fourth-order valence-electron chi connectivity index (χ4n) is 2.61. The fourth-order valence-corrected chi connectivity index (χ4v) is 2.61. The number of halogens is 1. The van der Waals surface area contributed by atoms with Crippen LogP contribution in [0.25, 0.3) is 10.8 Å². The van der Waals surface area contributed by atoms with Gasteiger partial charge in [0.15, 0.2) is 0 Å². The van der Waals surface area contributed by atoms with E-state index in [1.807, 2.05) is 6.07 Å². The topological polar surface area (TPSA) is 37.0 Å². The maximum Gasteiger partial charge on any atom is 0.133 e. The molecule has 1 aliphatic rings. The first-order chi connectivity index (χ1) is 9.33. The van der Waals surface area contributed by atoms with Crippen LogP contribution in [0.3, 0.4) is 0 Å². The molecule has 0 saturated carbocycles. The zero-order valence-electron chi connectivity index (χ0n) is 10.8. The van der Waals surface area contributed by atoms with Crippen LogP contribution in [0.1, 0.15) is 12.8 Å². The van der Waals surface area contributed by atoms with Crippen LogP contribution < -0.4 is 10.6 Å². The number of aromatic nitrogens is 1. The van der Waals surface area contributed by atoms with Crippen molar-refractivity contribution in [3.05, 3.63) is 36.3 Å². The highest BCUT2D eigenvalue weighted by molar-refractivity contribution is 5.91. The Bertz CT molecular complexity index is 564. The Morgan fingerprint density at radius 1 is 1.26 bits per heavy atom. The normalized spacial score (nSPS) is 16.7. The highest BCUT2D eigenvalue weighted by atomic mass is 19.1. The number of rotatable bonds is 3. The van der Waals surface area contributed by atoms with Gasteiger partial charge in [0.05, 0.1) is 0 Å². The van der Waals surface area contributed by atoms with Crippen LogP contribution in [0.15, 0.2) is 30.5 Å². The number of nitrogens with one attached hydrogen (secondary N) is 2. The van der Waals surface area contributed by atoms with E-state index in [4.69, 9.17) is 0 Å². The summed E-state index contributed by atoms with van der Waals surface area (Å²) in [6.07, 6.45) is 4.14. The van der Waals surface area contributed by atoms with Gasteiger partial charge in [-0.15, -0.1) is 0 Å². The molecule has 19 heavy (non-hydrogen) atoms. The molecule has 0 bridgehead atoms. The first-order valence-corrected chi connectivity index (χ1v) is 6.82. The first-order valence-electron chi connectivity index (χ1n) is 6.82. The third-order valence-electron chi connectivity index (χ3n) is 3.75. The van der Waals surface area contributed by atoms with Gasteiger partial charge in [0, 0.05) is 18.1 Å². The third kappa shape index (κ3) is 2.84. The molecule has 1 aromatic carbocycles. The molecule has 1 saturated heterocycles. The number of fused-ring (bicyclic) bond motifs is 1. The molecule has 1 aromatic heterocycles. The lowest BCUT2D eigenvalue weighted by Gasteiger charge is -2.23. The fraction of sp³-hybridized carbons (Fsp3) is 0.400. The van der Waals surface area contributed by atoms with Crippen LogP contribution in [0.4, 0.5) is 10.2 Å². The van der Waals surface area contributed by atoms with E-state index in [2.05, 4.69) is 15.6 Å². The molecule has 0 atom stereocenters. The van der Waals surface area contributed by atoms with Crippen molar-refractivity contribution in [2.75, 3.05) is 25.0 Å². The molecule has 3 rings (SSSR count). The summed E-state index contributed by atoms with van der Waals surface area (Å²) in [6.45, 7) is 3.08. The summed E-state index contributed by atoms with van der Waals surface area (Å²) in [4.78, 5) is 4.34. The molecule has 2 heterocycles. The van der Waals surface area contributed by atoms with Gasteiger partial charge in [-0.25, -0.2) is 9.37 Å². The lowest BCUT2D eigenvalue weighted by molar-refractivity contribution is 0.389. The number of hydrogen-bond acceptors (Lipinski definition) is 3. The second kappa shape index (κ2) is 5.53. The van der Waals surface area contributed by atoms with E-state index in [9.17, 15) is 4.39 Å². The summed E-state index contributed by atoms with van der Waals surface area (Å²) in [5.41, 5.74) is 0. The number of hydrogen-bond donors (Lipinski definition) is 2. The Kier molecular flexibility index (Phi) is 3.60. The van der Waals surface area contributed by atoms with E-state index in [1.54, 1.807) is 18.3 Å². The van der Waals surface area contributed by atoms with E-state index in [1.165, 1.54) is 18.9 Å². The molecule has 1 aliphatic heterocycles. The largest absolute Gasteiger partial charge is 0.369 e. The maximum atomic E-state index is 13.3. The first kappa shape index (κ1) is 12.4. The summed E-state index contributed by atoms with van der Waals surface area (Å²) in [5.74, 6) is 1.24. The Hall–Kier alpha value is -1.68. The van der Waals surface area contributed by atoms with Crippen molar-refractivity contribution in [3.63, 3.8) is 0 Å². The van der Waals surface area contributed by atoms with Crippen molar-refractivity contribution >= 4 is 16.6 Å². The minimum absolute atomic E-state index is 0.217. The number of benzene rings is 1. The third-order valence-corrected chi connectivity index (χ3v) is 3.75. The lowest BCUT2D eigenvalue weighted by atomic mass is 9.98. The monoisotopic (exact) mass is 259 g/mol. The molecular formula is C15H18FN3. The smallest absolute Gasteiger partial charge is 0.133 e. The van der Waals surface area contributed by atoms with Gasteiger partial charge in [0.2, 0.25) is 0 Å². The van der Waals surface area contributed by atoms with E-state index in [0.717, 1.165) is 36.2 Å². The van der Waals surface area contributed by atoms with Gasteiger partial charge in [-0.3, -0.25) is 0 Å². The SMILES string of the molecule is Fc1ccc2ccnc(NCC3CCNCC3)c2c1. The second-order valence-corrected chi connectivity index (χ2v) is 5.10. The predicted octanol–water partition coefficient (Wildman–Crippen LogP) is 2.79. The van der Waals surface area contributed by atoms with Crippen LogP contribution in [-0.4, -0.2) is 24.6 Å². The van der Waals surface area contributed by atoms with Gasteiger partial charge < -0.3 is 10.6 Å². The molecule has 0 amide bonds. The quantitative estimate of drug-likeness (QED) is 0.890. The summed E-state index contributed by atoms with van der Waals surface area (Å²) in [7, 11) is 0. The molecule has 2 N–H and O–H groups in total. The lowest BCUT2D eigenvalue weighted by Crippen LogP contribution is -2.31. The molecule has 100 valence electrons. The van der Waals surface area contributed by atoms with E-state index in [-0.39, 0.29) is 5.82 Å². The Morgan fingerprint density at radius 2 is 2.11 bits per heavy atom. The second-order valence-electron chi connectivity index (χ2n) is 5.10. The van der Waals surface area contributed by atoms with Crippen LogP contribution in [0, 0.1) is 11.7 Å². The highest BCUT2D eigenvalue weighted by Crippen LogP contribution is 2.22. The summed E-state index contributed by atoms with van der Waals surface area (Å²) in [5, 5.41) is 8.61. The predicted molar refractivity (Wildman–Crippen MR) is 75.8 cm³/mol. The average molecular weight is 259 g/mol. The number of piperidine rings is 1. The van der Waals surface area contributed by atoms with Crippen molar-refractivity contribution in [1.82, 2.24) is 10.3 Å². The minimum Gasteiger partial charge on any atom is -0.369 e. The average Bonchev–Trinajstić information content (AvgIpc) is 2.46. The number of nitrogens with zero attached hydrogens (tertiary/aromatic N) is 1. The molecule has 3 nitrogen and oxygen atoms in total. The highest BCUT2D eigenvalue weighted by Gasteiger charge is 2.13. The summed E-state index contributed by atoms with van der Waals surface area (Å²) in [6, 6.07) is 6.73. The maximum absolute atomic E-state index is 13.3. The molecule has 2 aromatic rings. The minimum atomic E-state index is -0.217. The molecule has 0 radical (unpaired) electrons. The van der Waals surface area contributed by atoms with Crippen LogP contribution in [-0.2, 0) is 0 Å². The molecule has 1 fully saturated rings. The molecule has 0 spiro atoms. The van der Waals surface area contributed by atoms with Gasteiger partial charge >= 0.3 is 0 Å². The zero-order valence-corrected chi connectivity index (χ0v) is 10.8. The van der Waals surface area contributed by atoms with Crippen LogP contribution >= 0.6 is 0 Å². The Labute approximate surface area is 112 Å². The number of anilines is 1. The summed E-state index contributed by atoms with van der Waals surface area (Å²) < 4.78 is 13.3. The number of pyridine rings is 1. The van der Waals surface area contributed by atoms with Gasteiger partial charge in [0.25, 0.3) is 0 Å². The van der Waals surface area contributed by atoms with Gasteiger partial charge in [0.1, 0.15) is 11.6 Å². The standard InChI is InChI=1S/C15H18FN3/c16-13-2-1-12-5-8-18-15(14(12)9-13)19-10-11-3-6-17-7-4-11/h1-2,5,8-9,11,17H,3-4,6-7,10H2,(H,18,19). The van der Waals surface area contributed by atoms with Crippen molar-refractivity contribution in [2.24, 2.45) is 5.92 Å². The molecule has 0 unspecified atom stereocenters. The Morgan fingerprint density at radius 3 is 2.95 bits per heavy atom. The molecular weight excluding hydrogens is 241 g/mol. The molecule has 4 heteroatoms. The van der Waals surface area contributed by atoms with Crippen molar-refractivity contribution < 1.29 is 4.39 Å². The van der Waals surface area contributed by atoms with E-state index in [0.29, 0.717) is 5.92 Å². The van der Waals surface area contributed by atoms with E-state index < -0.39 is 0 Å². The van der Waals surface area contributed by atoms with E-state index >= 15 is 0 Å². The van der Waals surface area contributed by atoms with Crippen LogP contribution in [0.5, 0.6) is 0 Å². The van der Waals surface area contributed by atoms with Crippen molar-refractivity contribution in [3.8, 4) is 0 Å². The summed E-state index contributed by atoms with van der Waals surface area (Å²) >= 11 is 0. The molecule has 0 aliphatic carbocycles. The van der Waals surface area contributed by atoms with Crippen molar-refractivity contribution in [1.29, 1.82) is 0 Å². The van der Waals surface area contributed by atoms with Gasteiger partial charge in [-0.2, -0.15) is 0 Å².